The summed E-state index contributed by atoms with van der Waals surface area (Å²) in [6, 6.07) is 20.6. The Kier molecular flexibility index (Phi) is 8.91. The van der Waals surface area contributed by atoms with E-state index in [-0.39, 0.29) is 11.9 Å². The van der Waals surface area contributed by atoms with Gasteiger partial charge in [-0.05, 0) is 86.7 Å². The van der Waals surface area contributed by atoms with Crippen LogP contribution in [0.15, 0.2) is 85.5 Å². The van der Waals surface area contributed by atoms with Gasteiger partial charge in [0.2, 0.25) is 0 Å². The summed E-state index contributed by atoms with van der Waals surface area (Å²) in [5.74, 6) is 1.46. The van der Waals surface area contributed by atoms with Crippen molar-refractivity contribution in [2.45, 2.75) is 12.5 Å². The number of carbonyl (C=O) groups excluding carboxylic acids is 2. The molecule has 0 bridgehead atoms. The number of ether oxygens (including phenoxy) is 1. The van der Waals surface area contributed by atoms with E-state index < -0.39 is 0 Å². The molecule has 2 aromatic heterocycles. The van der Waals surface area contributed by atoms with E-state index in [1.807, 2.05) is 55.4 Å². The molecule has 7 rings (SSSR count). The summed E-state index contributed by atoms with van der Waals surface area (Å²) in [6.45, 7) is 4.23. The van der Waals surface area contributed by atoms with Crippen LogP contribution in [0.25, 0.3) is 33.4 Å². The molecule has 3 amide bonds. The van der Waals surface area contributed by atoms with Gasteiger partial charge in [0, 0.05) is 78.1 Å². The van der Waals surface area contributed by atoms with Crippen molar-refractivity contribution in [2.75, 3.05) is 69.0 Å². The van der Waals surface area contributed by atoms with Gasteiger partial charge in [-0.25, -0.2) is 24.7 Å². The summed E-state index contributed by atoms with van der Waals surface area (Å²) in [7, 11) is 4.08. The van der Waals surface area contributed by atoms with E-state index in [0.29, 0.717) is 42.0 Å². The van der Waals surface area contributed by atoms with Gasteiger partial charge in [0.1, 0.15) is 12.1 Å². The number of carbonyl (C=O) groups is 2. The maximum absolute atomic E-state index is 12.9. The number of urea groups is 1. The number of likely N-dealkylation sites (N-methyl/N-ethyl adjacent to an activating group) is 1. The molecule has 48 heavy (non-hydrogen) atoms. The zero-order valence-electron chi connectivity index (χ0n) is 27.0. The van der Waals surface area contributed by atoms with Crippen LogP contribution >= 0.6 is 0 Å². The predicted octanol–water partition coefficient (Wildman–Crippen LogP) is 5.01. The summed E-state index contributed by atoms with van der Waals surface area (Å²) in [5, 5.41) is 6.69. The lowest BCUT2D eigenvalue weighted by atomic mass is 10.1. The van der Waals surface area contributed by atoms with Crippen molar-refractivity contribution in [3.05, 3.63) is 91.0 Å². The second-order valence-electron chi connectivity index (χ2n) is 12.2. The first-order chi connectivity index (χ1) is 23.4. The van der Waals surface area contributed by atoms with Crippen LogP contribution in [0.5, 0.6) is 0 Å². The van der Waals surface area contributed by atoms with Crippen molar-refractivity contribution in [1.82, 2.24) is 29.7 Å². The third-order valence-electron chi connectivity index (χ3n) is 8.85. The Hall–Kier alpha value is -5.46. The van der Waals surface area contributed by atoms with Gasteiger partial charge in [-0.3, -0.25) is 4.79 Å². The van der Waals surface area contributed by atoms with E-state index in [1.165, 1.54) is 6.33 Å². The number of fused-ring (bicyclic) bond motifs is 1. The number of benzene rings is 3. The van der Waals surface area contributed by atoms with Gasteiger partial charge < -0.3 is 30.1 Å². The molecule has 0 radical (unpaired) electrons. The van der Waals surface area contributed by atoms with Crippen LogP contribution < -0.4 is 15.5 Å². The van der Waals surface area contributed by atoms with Gasteiger partial charge in [-0.2, -0.15) is 0 Å². The molecule has 2 N–H and O–H groups in total. The smallest absolute Gasteiger partial charge is 0.323 e. The number of likely N-dealkylation sites (tertiary alicyclic amines) is 1. The second-order valence-corrected chi connectivity index (χ2v) is 12.2. The van der Waals surface area contributed by atoms with Crippen molar-refractivity contribution in [3.8, 4) is 22.5 Å². The molecule has 3 aromatic carbocycles. The standard InChI is InChI=1S/C36H37N9O3/c1-43(2)30-13-14-45(22-30)35(46)25-5-10-29(11-6-25)40-36(47)39-28-8-3-24(4-9-28)33-41-32-19-26(27-20-37-23-38-21-27)7-12-31(32)34(42-33)44-15-17-48-18-16-44/h3-12,19-21,23,30H,13-18,22H2,1-2H3,(H2,39,40,47). The van der Waals surface area contributed by atoms with Gasteiger partial charge in [0.05, 0.1) is 18.7 Å². The molecular formula is C36H37N9O3. The molecule has 1 unspecified atom stereocenters. The first-order valence-electron chi connectivity index (χ1n) is 16.1. The fourth-order valence-electron chi connectivity index (χ4n) is 6.11. The van der Waals surface area contributed by atoms with Gasteiger partial charge in [0.15, 0.2) is 5.82 Å². The average molecular weight is 644 g/mol. The number of nitrogens with one attached hydrogen (secondary N) is 2. The third-order valence-corrected chi connectivity index (χ3v) is 8.85. The molecule has 4 heterocycles. The monoisotopic (exact) mass is 643 g/mol. The number of aromatic nitrogens is 4. The van der Waals surface area contributed by atoms with Crippen molar-refractivity contribution >= 4 is 40.0 Å². The maximum Gasteiger partial charge on any atom is 0.323 e. The number of hydrogen-bond donors (Lipinski definition) is 2. The molecule has 2 saturated heterocycles. The Balaban J connectivity index is 1.05. The summed E-state index contributed by atoms with van der Waals surface area (Å²) >= 11 is 0. The molecule has 244 valence electrons. The first kappa shape index (κ1) is 31.2. The fourth-order valence-corrected chi connectivity index (χ4v) is 6.11. The highest BCUT2D eigenvalue weighted by molar-refractivity contribution is 6.01. The minimum Gasteiger partial charge on any atom is -0.378 e. The number of rotatable bonds is 7. The lowest BCUT2D eigenvalue weighted by Gasteiger charge is -2.29. The zero-order valence-corrected chi connectivity index (χ0v) is 27.0. The van der Waals surface area contributed by atoms with Crippen molar-refractivity contribution in [2.24, 2.45) is 0 Å². The molecule has 0 aliphatic carbocycles. The van der Waals surface area contributed by atoms with Gasteiger partial charge in [-0.1, -0.05) is 6.07 Å². The first-order valence-corrected chi connectivity index (χ1v) is 16.1. The van der Waals surface area contributed by atoms with Crippen LogP contribution in [0.2, 0.25) is 0 Å². The van der Waals surface area contributed by atoms with Crippen LogP contribution in [-0.2, 0) is 4.74 Å². The zero-order chi connectivity index (χ0) is 33.0. The van der Waals surface area contributed by atoms with Gasteiger partial charge in [-0.15, -0.1) is 0 Å². The quantitative estimate of drug-likeness (QED) is 0.252. The molecule has 1 atom stereocenters. The van der Waals surface area contributed by atoms with E-state index in [4.69, 9.17) is 14.7 Å². The Labute approximate surface area is 278 Å². The maximum atomic E-state index is 12.9. The highest BCUT2D eigenvalue weighted by Crippen LogP contribution is 2.31. The topological polar surface area (TPSA) is 129 Å². The molecule has 2 fully saturated rings. The molecule has 2 aliphatic heterocycles. The number of morpholine rings is 1. The molecule has 2 aliphatic rings. The molecule has 0 saturated carbocycles. The Morgan fingerprint density at radius 3 is 2.15 bits per heavy atom. The van der Waals surface area contributed by atoms with E-state index in [1.54, 1.807) is 36.7 Å². The van der Waals surface area contributed by atoms with E-state index in [2.05, 4.69) is 36.5 Å². The SMILES string of the molecule is CN(C)C1CCN(C(=O)c2ccc(NC(=O)Nc3ccc(-c4nc(N5CCOCC5)c5ccc(-c6cncnc6)cc5n4)cc3)cc2)C1. The largest absolute Gasteiger partial charge is 0.378 e. The van der Waals surface area contributed by atoms with Crippen LogP contribution in [-0.4, -0.2) is 101 Å². The number of amides is 3. The third kappa shape index (κ3) is 6.80. The highest BCUT2D eigenvalue weighted by Gasteiger charge is 2.28. The van der Waals surface area contributed by atoms with Crippen molar-refractivity contribution < 1.29 is 14.3 Å². The van der Waals surface area contributed by atoms with Crippen LogP contribution in [0.4, 0.5) is 22.0 Å². The van der Waals surface area contributed by atoms with Crippen LogP contribution in [0, 0.1) is 0 Å². The Morgan fingerprint density at radius 1 is 0.812 bits per heavy atom. The lowest BCUT2D eigenvalue weighted by Crippen LogP contribution is -2.37. The van der Waals surface area contributed by atoms with Crippen molar-refractivity contribution in [1.29, 1.82) is 0 Å². The Morgan fingerprint density at radius 2 is 1.48 bits per heavy atom. The van der Waals surface area contributed by atoms with E-state index in [0.717, 1.165) is 66.0 Å². The highest BCUT2D eigenvalue weighted by atomic mass is 16.5. The Bertz CT molecular complexity index is 1910. The number of nitrogens with zero attached hydrogens (tertiary/aromatic N) is 7. The molecule has 12 heteroatoms. The van der Waals surface area contributed by atoms with Gasteiger partial charge in [0.25, 0.3) is 5.91 Å². The predicted molar refractivity (Wildman–Crippen MR) is 186 cm³/mol. The normalized spacial score (nSPS) is 16.4. The summed E-state index contributed by atoms with van der Waals surface area (Å²) < 4.78 is 5.60. The number of hydrogen-bond acceptors (Lipinski definition) is 9. The fraction of sp³-hybridized carbons (Fsp3) is 0.278. The van der Waals surface area contributed by atoms with E-state index >= 15 is 0 Å². The summed E-state index contributed by atoms with van der Waals surface area (Å²) in [5.41, 5.74) is 5.33. The minimum atomic E-state index is -0.385. The van der Waals surface area contributed by atoms with Gasteiger partial charge >= 0.3 is 6.03 Å². The van der Waals surface area contributed by atoms with Crippen molar-refractivity contribution in [3.63, 3.8) is 0 Å². The molecule has 12 nitrogen and oxygen atoms in total. The second kappa shape index (κ2) is 13.7. The van der Waals surface area contributed by atoms with E-state index in [9.17, 15) is 9.59 Å². The molecule has 5 aromatic rings. The van der Waals surface area contributed by atoms with Crippen LogP contribution in [0.1, 0.15) is 16.8 Å². The molecular weight excluding hydrogens is 606 g/mol. The summed E-state index contributed by atoms with van der Waals surface area (Å²) in [4.78, 5) is 50.3. The lowest BCUT2D eigenvalue weighted by molar-refractivity contribution is 0.0783. The summed E-state index contributed by atoms with van der Waals surface area (Å²) in [6.07, 6.45) is 6.05. The van der Waals surface area contributed by atoms with Crippen LogP contribution in [0.3, 0.4) is 0 Å². The number of anilines is 3. The minimum absolute atomic E-state index is 0.00846. The molecule has 0 spiro atoms. The average Bonchev–Trinajstić information content (AvgIpc) is 3.63.